The normalized spacial score (nSPS) is 19.1. The molecule has 8 heteroatoms. The van der Waals surface area contributed by atoms with Crippen LogP contribution in [0.5, 0.6) is 46.0 Å². The minimum atomic E-state index is -0.131. The first-order valence-electron chi connectivity index (χ1n) is 15.1. The third kappa shape index (κ3) is 5.08. The third-order valence-electron chi connectivity index (χ3n) is 9.18. The Hall–Kier alpha value is -4.40. The molecule has 0 saturated heterocycles. The summed E-state index contributed by atoms with van der Waals surface area (Å²) < 4.78 is 30.4. The number of phenols is 1. The number of fused-ring (bicyclic) bond motifs is 5. The maximum atomic E-state index is 11.5. The Morgan fingerprint density at radius 1 is 0.795 bits per heavy atom. The van der Waals surface area contributed by atoms with Gasteiger partial charge in [-0.25, -0.2) is 0 Å². The van der Waals surface area contributed by atoms with Crippen LogP contribution in [0.25, 0.3) is 0 Å². The minimum absolute atomic E-state index is 0.0268. The van der Waals surface area contributed by atoms with Gasteiger partial charge in [0.15, 0.2) is 34.5 Å². The summed E-state index contributed by atoms with van der Waals surface area (Å²) in [6, 6.07) is 20.4. The number of benzene rings is 4. The quantitative estimate of drug-likeness (QED) is 0.278. The van der Waals surface area contributed by atoms with E-state index < -0.39 is 0 Å². The molecular weight excluding hydrogens is 556 g/mol. The summed E-state index contributed by atoms with van der Waals surface area (Å²) in [5.41, 5.74) is 6.63. The first kappa shape index (κ1) is 28.4. The summed E-state index contributed by atoms with van der Waals surface area (Å²) >= 11 is 0. The van der Waals surface area contributed by atoms with Crippen molar-refractivity contribution in [3.05, 3.63) is 94.0 Å². The van der Waals surface area contributed by atoms with Crippen molar-refractivity contribution in [1.29, 1.82) is 0 Å². The van der Waals surface area contributed by atoms with Crippen LogP contribution in [0.2, 0.25) is 0 Å². The first-order chi connectivity index (χ1) is 21.4. The number of likely N-dealkylation sites (N-methyl/N-ethyl adjacent to an activating group) is 1. The van der Waals surface area contributed by atoms with Gasteiger partial charge in [0.1, 0.15) is 5.75 Å². The fraction of sp³-hybridized carbons (Fsp3) is 0.333. The highest BCUT2D eigenvalue weighted by molar-refractivity contribution is 5.63. The van der Waals surface area contributed by atoms with Gasteiger partial charge in [0.25, 0.3) is 0 Å². The van der Waals surface area contributed by atoms with Crippen molar-refractivity contribution in [2.45, 2.75) is 37.8 Å². The van der Waals surface area contributed by atoms with Crippen LogP contribution in [-0.4, -0.2) is 51.5 Å². The predicted octanol–water partition coefficient (Wildman–Crippen LogP) is 6.52. The van der Waals surface area contributed by atoms with Crippen molar-refractivity contribution in [1.82, 2.24) is 10.2 Å². The fourth-order valence-electron chi connectivity index (χ4n) is 6.89. The SMILES string of the molecule is COc1ccc2cc1Oc1cccc(c1)CC1c3cc(c(OC)cc3CCN1C)Oc1c(O)c(OC)cc3c1C(C2)NCC3. The Kier molecular flexibility index (Phi) is 7.48. The molecule has 0 radical (unpaired) electrons. The highest BCUT2D eigenvalue weighted by atomic mass is 16.5. The molecule has 3 aliphatic rings. The lowest BCUT2D eigenvalue weighted by atomic mass is 9.88. The number of nitrogens with one attached hydrogen (secondary N) is 1. The van der Waals surface area contributed by atoms with Crippen LogP contribution in [0.1, 0.15) is 45.5 Å². The zero-order valence-corrected chi connectivity index (χ0v) is 25.6. The number of methoxy groups -OCH3 is 3. The molecule has 3 aliphatic heterocycles. The number of aromatic hydroxyl groups is 1. The summed E-state index contributed by atoms with van der Waals surface area (Å²) in [6.45, 7) is 1.71. The molecule has 0 aromatic heterocycles. The topological polar surface area (TPSA) is 81.7 Å². The van der Waals surface area contributed by atoms with Crippen LogP contribution in [0.4, 0.5) is 0 Å². The number of rotatable bonds is 3. The van der Waals surface area contributed by atoms with Crippen LogP contribution in [-0.2, 0) is 25.7 Å². The zero-order chi connectivity index (χ0) is 30.4. The molecule has 4 aromatic rings. The molecule has 7 rings (SSSR count). The van der Waals surface area contributed by atoms with Gasteiger partial charge in [0, 0.05) is 24.2 Å². The van der Waals surface area contributed by atoms with E-state index in [2.05, 4.69) is 47.6 Å². The summed E-state index contributed by atoms with van der Waals surface area (Å²) in [7, 11) is 7.05. The van der Waals surface area contributed by atoms with Crippen LogP contribution in [0, 0.1) is 0 Å². The van der Waals surface area contributed by atoms with Gasteiger partial charge >= 0.3 is 0 Å². The van der Waals surface area contributed by atoms with Gasteiger partial charge in [-0.1, -0.05) is 18.2 Å². The van der Waals surface area contributed by atoms with Gasteiger partial charge in [-0.05, 0) is 110 Å². The Morgan fingerprint density at radius 2 is 1.57 bits per heavy atom. The number of nitrogens with zero attached hydrogens (tertiary/aromatic N) is 1. The summed E-state index contributed by atoms with van der Waals surface area (Å²) in [4.78, 5) is 2.39. The molecule has 4 aromatic carbocycles. The van der Waals surface area contributed by atoms with Crippen molar-refractivity contribution in [2.24, 2.45) is 0 Å². The van der Waals surface area contributed by atoms with Crippen molar-refractivity contribution in [3.63, 3.8) is 0 Å². The molecule has 228 valence electrons. The zero-order valence-electron chi connectivity index (χ0n) is 25.6. The molecule has 2 atom stereocenters. The van der Waals surface area contributed by atoms with E-state index in [0.717, 1.165) is 60.4 Å². The standard InChI is InChI=1S/C36H38N2O6/c1-38-13-11-23-18-30(41-3)32-20-26(23)28(38)16-21-6-5-7-25(14-21)43-31-17-22(8-9-29(31)40-2)15-27-34-24(10-12-37-27)19-33(42-4)35(39)36(34)44-32/h5-9,14,17-20,27-28,37,39H,10-13,15-16H2,1-4H3. The van der Waals surface area contributed by atoms with Gasteiger partial charge in [0.05, 0.1) is 21.3 Å². The highest BCUT2D eigenvalue weighted by Gasteiger charge is 2.32. The first-order valence-corrected chi connectivity index (χ1v) is 15.1. The Labute approximate surface area is 258 Å². The molecule has 0 fully saturated rings. The van der Waals surface area contributed by atoms with E-state index in [-0.39, 0.29) is 17.8 Å². The molecule has 0 spiro atoms. The average molecular weight is 595 g/mol. The van der Waals surface area contributed by atoms with Gasteiger partial charge in [-0.15, -0.1) is 0 Å². The number of hydrogen-bond donors (Lipinski definition) is 2. The van der Waals surface area contributed by atoms with E-state index in [1.165, 1.54) is 11.1 Å². The predicted molar refractivity (Wildman–Crippen MR) is 168 cm³/mol. The maximum absolute atomic E-state index is 11.5. The van der Waals surface area contributed by atoms with E-state index >= 15 is 0 Å². The fourth-order valence-corrected chi connectivity index (χ4v) is 6.89. The van der Waals surface area contributed by atoms with Gasteiger partial charge in [-0.3, -0.25) is 4.90 Å². The van der Waals surface area contributed by atoms with E-state index in [1.807, 2.05) is 30.3 Å². The van der Waals surface area contributed by atoms with Crippen molar-refractivity contribution in [2.75, 3.05) is 41.5 Å². The van der Waals surface area contributed by atoms with Crippen molar-refractivity contribution < 1.29 is 28.8 Å². The molecule has 0 saturated carbocycles. The summed E-state index contributed by atoms with van der Waals surface area (Å²) in [5.74, 6) is 4.04. The highest BCUT2D eigenvalue weighted by Crippen LogP contribution is 2.50. The summed E-state index contributed by atoms with van der Waals surface area (Å²) in [5, 5.41) is 15.2. The van der Waals surface area contributed by atoms with Crippen LogP contribution in [0.3, 0.4) is 0 Å². The number of hydrogen-bond acceptors (Lipinski definition) is 8. The molecule has 0 aliphatic carbocycles. The Balaban J connectivity index is 1.45. The van der Waals surface area contributed by atoms with E-state index in [1.54, 1.807) is 21.3 Å². The maximum Gasteiger partial charge on any atom is 0.201 e. The smallest absolute Gasteiger partial charge is 0.201 e. The lowest BCUT2D eigenvalue weighted by Gasteiger charge is -2.35. The van der Waals surface area contributed by atoms with Gasteiger partial charge in [-0.2, -0.15) is 0 Å². The van der Waals surface area contributed by atoms with Crippen LogP contribution in [0.15, 0.2) is 60.7 Å². The van der Waals surface area contributed by atoms with Crippen LogP contribution >= 0.6 is 0 Å². The average Bonchev–Trinajstić information content (AvgIpc) is 3.03. The molecule has 0 amide bonds. The van der Waals surface area contributed by atoms with Gasteiger partial charge < -0.3 is 34.1 Å². The molecule has 6 bridgehead atoms. The molecule has 8 nitrogen and oxygen atoms in total. The molecule has 44 heavy (non-hydrogen) atoms. The second-order valence-corrected chi connectivity index (χ2v) is 11.8. The molecule has 2 N–H and O–H groups in total. The lowest BCUT2D eigenvalue weighted by molar-refractivity contribution is 0.228. The van der Waals surface area contributed by atoms with Crippen LogP contribution < -0.4 is 29.0 Å². The van der Waals surface area contributed by atoms with Crippen molar-refractivity contribution in [3.8, 4) is 46.0 Å². The van der Waals surface area contributed by atoms with Gasteiger partial charge in [0.2, 0.25) is 5.75 Å². The monoisotopic (exact) mass is 594 g/mol. The summed E-state index contributed by atoms with van der Waals surface area (Å²) in [6.07, 6.45) is 3.11. The number of ether oxygens (including phenoxy) is 5. The largest absolute Gasteiger partial charge is 0.502 e. The minimum Gasteiger partial charge on any atom is -0.502 e. The lowest BCUT2D eigenvalue weighted by Crippen LogP contribution is -2.33. The Morgan fingerprint density at radius 3 is 2.39 bits per heavy atom. The van der Waals surface area contributed by atoms with E-state index in [9.17, 15) is 5.11 Å². The second-order valence-electron chi connectivity index (χ2n) is 11.8. The number of phenolic OH excluding ortho intramolecular Hbond substituents is 1. The third-order valence-corrected chi connectivity index (χ3v) is 9.18. The molecule has 3 heterocycles. The van der Waals surface area contributed by atoms with Crippen molar-refractivity contribution >= 4 is 0 Å². The Bertz CT molecular complexity index is 1720. The second kappa shape index (κ2) is 11.6. The van der Waals surface area contributed by atoms with E-state index in [4.69, 9.17) is 23.7 Å². The molecular formula is C36H38N2O6. The van der Waals surface area contributed by atoms with E-state index in [0.29, 0.717) is 40.9 Å². The molecule has 2 unspecified atom stereocenters.